The van der Waals surface area contributed by atoms with Crippen LogP contribution in [-0.2, 0) is 4.79 Å². The first kappa shape index (κ1) is 14.3. The van der Waals surface area contributed by atoms with Crippen molar-refractivity contribution in [1.29, 1.82) is 0 Å². The fraction of sp³-hybridized carbons (Fsp3) is 0.846. The monoisotopic (exact) mass is 268 g/mol. The minimum absolute atomic E-state index is 0.289. The summed E-state index contributed by atoms with van der Waals surface area (Å²) < 4.78 is 0. The van der Waals surface area contributed by atoms with Crippen LogP contribution >= 0.6 is 0 Å². The molecule has 2 rings (SSSR count). The third-order valence-electron chi connectivity index (χ3n) is 4.01. The minimum Gasteiger partial charge on any atom is -0.351 e. The molecule has 0 bridgehead atoms. The molecule has 4 N–H and O–H groups in total. The quantitative estimate of drug-likeness (QED) is 0.656. The van der Waals surface area contributed by atoms with Crippen molar-refractivity contribution in [1.82, 2.24) is 15.5 Å². The maximum atomic E-state index is 11.9. The molecule has 0 aromatic carbocycles. The average Bonchev–Trinajstić information content (AvgIpc) is 3.20. The Kier molecular flexibility index (Phi) is 4.76. The van der Waals surface area contributed by atoms with E-state index in [1.165, 1.54) is 12.8 Å². The molecule has 6 nitrogen and oxygen atoms in total. The Bertz CT molecular complexity index is 338. The summed E-state index contributed by atoms with van der Waals surface area (Å²) >= 11 is 0. The topological polar surface area (TPSA) is 87.5 Å². The predicted octanol–water partition coefficient (Wildman–Crippen LogP) is 0.0338. The van der Waals surface area contributed by atoms with Crippen LogP contribution in [0.25, 0.3) is 0 Å². The fourth-order valence-electron chi connectivity index (χ4n) is 2.78. The van der Waals surface area contributed by atoms with E-state index in [0.29, 0.717) is 12.0 Å². The Morgan fingerprint density at radius 2 is 2.16 bits per heavy atom. The highest BCUT2D eigenvalue weighted by molar-refractivity contribution is 5.96. The predicted molar refractivity (Wildman–Crippen MR) is 72.5 cm³/mol. The van der Waals surface area contributed by atoms with E-state index in [4.69, 9.17) is 5.73 Å². The van der Waals surface area contributed by atoms with E-state index in [1.54, 1.807) is 0 Å². The number of urea groups is 1. The number of nitrogens with zero attached hydrogens (tertiary/aromatic N) is 1. The number of carbonyl (C=O) groups excluding carboxylic acids is 2. The molecule has 2 aliphatic rings. The molecule has 1 heterocycles. The van der Waals surface area contributed by atoms with E-state index >= 15 is 0 Å². The van der Waals surface area contributed by atoms with Crippen molar-refractivity contribution < 1.29 is 9.59 Å². The number of primary amides is 1. The fourth-order valence-corrected chi connectivity index (χ4v) is 2.78. The lowest BCUT2D eigenvalue weighted by atomic mass is 9.98. The zero-order valence-electron chi connectivity index (χ0n) is 11.5. The van der Waals surface area contributed by atoms with Crippen molar-refractivity contribution in [3.05, 3.63) is 0 Å². The van der Waals surface area contributed by atoms with Gasteiger partial charge >= 0.3 is 6.03 Å². The smallest absolute Gasteiger partial charge is 0.318 e. The number of hydrogen-bond acceptors (Lipinski definition) is 4. The number of nitrogens with two attached hydrogens (primary N) is 1. The van der Waals surface area contributed by atoms with Gasteiger partial charge in [-0.05, 0) is 51.6 Å². The number of amides is 3. The van der Waals surface area contributed by atoms with Gasteiger partial charge < -0.3 is 11.1 Å². The summed E-state index contributed by atoms with van der Waals surface area (Å²) in [6, 6.07) is -0.565. The normalized spacial score (nSPS) is 25.1. The number of rotatable bonds is 5. The van der Waals surface area contributed by atoms with Crippen LogP contribution in [0, 0.1) is 5.92 Å². The maximum Gasteiger partial charge on any atom is 0.318 e. The lowest BCUT2D eigenvalue weighted by molar-refractivity contribution is -0.125. The van der Waals surface area contributed by atoms with Crippen LogP contribution in [0.5, 0.6) is 0 Å². The molecule has 0 aromatic rings. The number of nitrogens with one attached hydrogen (secondary N) is 2. The first-order valence-electron chi connectivity index (χ1n) is 7.14. The largest absolute Gasteiger partial charge is 0.351 e. The van der Waals surface area contributed by atoms with Gasteiger partial charge in [-0.2, -0.15) is 0 Å². The molecule has 2 atom stereocenters. The van der Waals surface area contributed by atoms with E-state index in [2.05, 4.69) is 15.5 Å². The Labute approximate surface area is 114 Å². The summed E-state index contributed by atoms with van der Waals surface area (Å²) in [4.78, 5) is 24.9. The maximum absolute atomic E-state index is 11.9. The van der Waals surface area contributed by atoms with Gasteiger partial charge in [0.1, 0.15) is 0 Å². The summed E-state index contributed by atoms with van der Waals surface area (Å²) in [6.07, 6.45) is 4.70. The van der Waals surface area contributed by atoms with Gasteiger partial charge in [-0.25, -0.2) is 4.79 Å². The zero-order chi connectivity index (χ0) is 13.8. The van der Waals surface area contributed by atoms with Gasteiger partial charge in [-0.3, -0.25) is 15.0 Å². The van der Waals surface area contributed by atoms with Crippen LogP contribution in [0.15, 0.2) is 0 Å². The molecule has 3 amide bonds. The third-order valence-corrected chi connectivity index (χ3v) is 4.01. The van der Waals surface area contributed by atoms with Gasteiger partial charge in [0.15, 0.2) is 0 Å². The molecule has 1 saturated heterocycles. The first-order chi connectivity index (χ1) is 9.08. The van der Waals surface area contributed by atoms with Gasteiger partial charge in [-0.1, -0.05) is 0 Å². The van der Waals surface area contributed by atoms with Crippen molar-refractivity contribution >= 4 is 11.9 Å². The highest BCUT2D eigenvalue weighted by atomic mass is 16.2. The van der Waals surface area contributed by atoms with Gasteiger partial charge in [0.25, 0.3) is 0 Å². The number of carbonyl (C=O) groups is 2. The number of piperidine rings is 1. The van der Waals surface area contributed by atoms with Crippen LogP contribution in [-0.4, -0.2) is 48.6 Å². The Balaban J connectivity index is 1.90. The Morgan fingerprint density at radius 3 is 2.68 bits per heavy atom. The minimum atomic E-state index is -0.771. The molecule has 1 aliphatic heterocycles. The van der Waals surface area contributed by atoms with Crippen LogP contribution in [0.3, 0.4) is 0 Å². The lowest BCUT2D eigenvalue weighted by Gasteiger charge is -2.33. The van der Waals surface area contributed by atoms with Gasteiger partial charge in [0, 0.05) is 12.6 Å². The van der Waals surface area contributed by atoms with E-state index in [0.717, 1.165) is 32.5 Å². The zero-order valence-corrected chi connectivity index (χ0v) is 11.5. The van der Waals surface area contributed by atoms with E-state index in [1.807, 2.05) is 6.92 Å². The van der Waals surface area contributed by atoms with Crippen molar-refractivity contribution in [3.8, 4) is 0 Å². The first-order valence-corrected chi connectivity index (χ1v) is 7.14. The van der Waals surface area contributed by atoms with Crippen molar-refractivity contribution in [2.45, 2.75) is 44.7 Å². The van der Waals surface area contributed by atoms with E-state index in [-0.39, 0.29) is 11.9 Å². The SMILES string of the molecule is CC(C(=O)NC(N)=O)N(CC1CCCNC1)C1CC1. The summed E-state index contributed by atoms with van der Waals surface area (Å²) in [5, 5.41) is 5.58. The van der Waals surface area contributed by atoms with Crippen LogP contribution in [0.1, 0.15) is 32.6 Å². The van der Waals surface area contributed by atoms with Crippen LogP contribution in [0.2, 0.25) is 0 Å². The second-order valence-corrected chi connectivity index (χ2v) is 5.67. The number of hydrogen-bond donors (Lipinski definition) is 3. The molecule has 108 valence electrons. The highest BCUT2D eigenvalue weighted by Crippen LogP contribution is 2.30. The summed E-state index contributed by atoms with van der Waals surface area (Å²) in [7, 11) is 0. The molecule has 1 saturated carbocycles. The molecule has 2 unspecified atom stereocenters. The summed E-state index contributed by atoms with van der Waals surface area (Å²) in [5.41, 5.74) is 5.01. The molecule has 0 aromatic heterocycles. The standard InChI is InChI=1S/C13H24N4O2/c1-9(12(18)16-13(14)19)17(11-4-5-11)8-10-3-2-6-15-7-10/h9-11,15H,2-8H2,1H3,(H3,14,16,18,19). The Hall–Kier alpha value is -1.14. The van der Waals surface area contributed by atoms with Crippen LogP contribution < -0.4 is 16.4 Å². The molecular weight excluding hydrogens is 244 g/mol. The molecule has 6 heteroatoms. The molecule has 2 fully saturated rings. The van der Waals surface area contributed by atoms with E-state index < -0.39 is 6.03 Å². The second kappa shape index (κ2) is 6.34. The lowest BCUT2D eigenvalue weighted by Crippen LogP contribution is -2.51. The van der Waals surface area contributed by atoms with Crippen LogP contribution in [0.4, 0.5) is 4.79 Å². The Morgan fingerprint density at radius 1 is 1.42 bits per heavy atom. The molecule has 1 aliphatic carbocycles. The highest BCUT2D eigenvalue weighted by Gasteiger charge is 2.36. The summed E-state index contributed by atoms with van der Waals surface area (Å²) in [5.74, 6) is 0.307. The van der Waals surface area contributed by atoms with Gasteiger partial charge in [0.2, 0.25) is 5.91 Å². The van der Waals surface area contributed by atoms with Crippen molar-refractivity contribution in [2.75, 3.05) is 19.6 Å². The molecule has 19 heavy (non-hydrogen) atoms. The number of imide groups is 1. The van der Waals surface area contributed by atoms with Crippen molar-refractivity contribution in [2.24, 2.45) is 11.7 Å². The van der Waals surface area contributed by atoms with E-state index in [9.17, 15) is 9.59 Å². The van der Waals surface area contributed by atoms with Gasteiger partial charge in [0.05, 0.1) is 6.04 Å². The second-order valence-electron chi connectivity index (χ2n) is 5.67. The third kappa shape index (κ3) is 4.18. The molecule has 0 spiro atoms. The average molecular weight is 268 g/mol. The van der Waals surface area contributed by atoms with Crippen molar-refractivity contribution in [3.63, 3.8) is 0 Å². The summed E-state index contributed by atoms with van der Waals surface area (Å²) in [6.45, 7) is 4.89. The molecule has 0 radical (unpaired) electrons. The van der Waals surface area contributed by atoms with Gasteiger partial charge in [-0.15, -0.1) is 0 Å². The molecular formula is C13H24N4O2.